The first kappa shape index (κ1) is 9.02. The van der Waals surface area contributed by atoms with Crippen molar-refractivity contribution in [2.45, 2.75) is 17.9 Å². The van der Waals surface area contributed by atoms with E-state index in [1.165, 1.54) is 6.07 Å². The second-order valence-electron chi connectivity index (χ2n) is 3.66. The highest BCUT2D eigenvalue weighted by Crippen LogP contribution is 2.51. The third-order valence-corrected chi connectivity index (χ3v) is 2.71. The van der Waals surface area contributed by atoms with E-state index in [4.69, 9.17) is 10.8 Å². The predicted molar refractivity (Wildman–Crippen MR) is 50.0 cm³/mol. The molecule has 4 nitrogen and oxygen atoms in total. The van der Waals surface area contributed by atoms with E-state index >= 15 is 0 Å². The number of benzene rings is 1. The standard InChI is InChI=1S/C10H11NO3/c11-10(9(13)14)5-7(10)6-3-1-2-4-8(6)12/h1-4,7,12H,5,11H2,(H,13,14). The Kier molecular flexibility index (Phi) is 1.75. The van der Waals surface area contributed by atoms with Crippen LogP contribution >= 0.6 is 0 Å². The monoisotopic (exact) mass is 193 g/mol. The van der Waals surface area contributed by atoms with Gasteiger partial charge in [-0.1, -0.05) is 18.2 Å². The average Bonchev–Trinajstić information content (AvgIpc) is 2.80. The number of nitrogens with two attached hydrogens (primary N) is 1. The fourth-order valence-electron chi connectivity index (χ4n) is 1.68. The molecule has 1 aromatic carbocycles. The summed E-state index contributed by atoms with van der Waals surface area (Å²) in [6, 6.07) is 6.70. The summed E-state index contributed by atoms with van der Waals surface area (Å²) >= 11 is 0. The number of para-hydroxylation sites is 1. The number of hydrogen-bond acceptors (Lipinski definition) is 3. The molecule has 0 radical (unpaired) electrons. The Balaban J connectivity index is 2.29. The van der Waals surface area contributed by atoms with E-state index < -0.39 is 11.5 Å². The molecule has 4 N–H and O–H groups in total. The molecule has 0 spiro atoms. The number of phenols is 1. The topological polar surface area (TPSA) is 83.6 Å². The Bertz CT molecular complexity index is 391. The summed E-state index contributed by atoms with van der Waals surface area (Å²) in [6.07, 6.45) is 0.389. The van der Waals surface area contributed by atoms with Gasteiger partial charge in [0.15, 0.2) is 0 Å². The fourth-order valence-corrected chi connectivity index (χ4v) is 1.68. The lowest BCUT2D eigenvalue weighted by Gasteiger charge is -2.06. The second-order valence-corrected chi connectivity index (χ2v) is 3.66. The summed E-state index contributed by atoms with van der Waals surface area (Å²) in [5.41, 5.74) is 5.06. The summed E-state index contributed by atoms with van der Waals surface area (Å²) in [5.74, 6) is -1.15. The third kappa shape index (κ3) is 1.15. The van der Waals surface area contributed by atoms with Crippen LogP contribution in [-0.4, -0.2) is 21.7 Å². The number of hydrogen-bond donors (Lipinski definition) is 3. The number of aromatic hydroxyl groups is 1. The molecule has 0 bridgehead atoms. The highest BCUT2D eigenvalue weighted by Gasteiger charge is 2.58. The van der Waals surface area contributed by atoms with E-state index in [9.17, 15) is 9.90 Å². The molecule has 4 heteroatoms. The number of phenolic OH excluding ortho intramolecular Hbond substituents is 1. The van der Waals surface area contributed by atoms with Gasteiger partial charge in [0.05, 0.1) is 0 Å². The highest BCUT2D eigenvalue weighted by atomic mass is 16.4. The van der Waals surface area contributed by atoms with Crippen molar-refractivity contribution in [1.29, 1.82) is 0 Å². The lowest BCUT2D eigenvalue weighted by molar-refractivity contribution is -0.139. The van der Waals surface area contributed by atoms with E-state index in [2.05, 4.69) is 0 Å². The lowest BCUT2D eigenvalue weighted by Crippen LogP contribution is -2.34. The molecule has 2 rings (SSSR count). The van der Waals surface area contributed by atoms with Gasteiger partial charge in [0.1, 0.15) is 11.3 Å². The predicted octanol–water partition coefficient (Wildman–Crippen LogP) is 0.662. The molecular weight excluding hydrogens is 182 g/mol. The molecule has 2 unspecified atom stereocenters. The van der Waals surface area contributed by atoms with Crippen molar-refractivity contribution < 1.29 is 15.0 Å². The quantitative estimate of drug-likeness (QED) is 0.644. The maximum absolute atomic E-state index is 10.8. The van der Waals surface area contributed by atoms with Crippen molar-refractivity contribution in [3.63, 3.8) is 0 Å². The fraction of sp³-hybridized carbons (Fsp3) is 0.300. The average molecular weight is 193 g/mol. The Morgan fingerprint density at radius 2 is 2.14 bits per heavy atom. The van der Waals surface area contributed by atoms with Crippen molar-refractivity contribution in [1.82, 2.24) is 0 Å². The Morgan fingerprint density at radius 3 is 2.64 bits per heavy atom. The molecule has 0 amide bonds. The zero-order valence-electron chi connectivity index (χ0n) is 7.47. The zero-order valence-corrected chi connectivity index (χ0v) is 7.47. The van der Waals surface area contributed by atoms with Crippen LogP contribution in [-0.2, 0) is 4.79 Å². The normalized spacial score (nSPS) is 29.9. The van der Waals surface area contributed by atoms with Crippen molar-refractivity contribution in [3.05, 3.63) is 29.8 Å². The van der Waals surface area contributed by atoms with Crippen LogP contribution in [0.3, 0.4) is 0 Å². The van der Waals surface area contributed by atoms with Gasteiger partial charge in [-0.05, 0) is 18.1 Å². The van der Waals surface area contributed by atoms with Gasteiger partial charge in [-0.3, -0.25) is 4.79 Å². The first-order chi connectivity index (χ1) is 6.55. The molecule has 0 saturated heterocycles. The molecule has 0 aliphatic heterocycles. The van der Waals surface area contributed by atoms with Crippen LogP contribution in [0.25, 0.3) is 0 Å². The molecule has 14 heavy (non-hydrogen) atoms. The zero-order chi connectivity index (χ0) is 10.3. The SMILES string of the molecule is NC1(C(=O)O)CC1c1ccccc1O. The van der Waals surface area contributed by atoms with Gasteiger partial charge in [0.25, 0.3) is 0 Å². The lowest BCUT2D eigenvalue weighted by atomic mass is 10.1. The van der Waals surface area contributed by atoms with Gasteiger partial charge in [0.2, 0.25) is 0 Å². The van der Waals surface area contributed by atoms with E-state index in [0.717, 1.165) is 0 Å². The molecule has 0 aromatic heterocycles. The number of carbonyl (C=O) groups is 1. The molecule has 74 valence electrons. The molecule has 1 saturated carbocycles. The molecule has 1 aromatic rings. The maximum atomic E-state index is 10.8. The van der Waals surface area contributed by atoms with E-state index in [1.54, 1.807) is 18.2 Å². The van der Waals surface area contributed by atoms with Gasteiger partial charge in [-0.2, -0.15) is 0 Å². The van der Waals surface area contributed by atoms with Crippen molar-refractivity contribution in [3.8, 4) is 5.75 Å². The van der Waals surface area contributed by atoms with E-state index in [0.29, 0.717) is 12.0 Å². The van der Waals surface area contributed by atoms with Crippen LogP contribution in [0.15, 0.2) is 24.3 Å². The van der Waals surface area contributed by atoms with Crippen LogP contribution in [0.2, 0.25) is 0 Å². The van der Waals surface area contributed by atoms with Crippen LogP contribution < -0.4 is 5.73 Å². The first-order valence-electron chi connectivity index (χ1n) is 4.36. The number of rotatable bonds is 2. The Hall–Kier alpha value is -1.55. The first-order valence-corrected chi connectivity index (χ1v) is 4.36. The molecular formula is C10H11NO3. The summed E-state index contributed by atoms with van der Waals surface area (Å²) in [5, 5.41) is 18.3. The van der Waals surface area contributed by atoms with Gasteiger partial charge in [0, 0.05) is 5.92 Å². The minimum atomic E-state index is -1.18. The second kappa shape index (κ2) is 2.72. The molecule has 1 aliphatic rings. The van der Waals surface area contributed by atoms with Gasteiger partial charge in [-0.25, -0.2) is 0 Å². The summed E-state index contributed by atoms with van der Waals surface area (Å²) in [7, 11) is 0. The van der Waals surface area contributed by atoms with Gasteiger partial charge < -0.3 is 15.9 Å². The van der Waals surface area contributed by atoms with Crippen molar-refractivity contribution in [2.75, 3.05) is 0 Å². The molecule has 1 fully saturated rings. The summed E-state index contributed by atoms with van der Waals surface area (Å²) in [6.45, 7) is 0. The Morgan fingerprint density at radius 1 is 1.50 bits per heavy atom. The van der Waals surface area contributed by atoms with Gasteiger partial charge >= 0.3 is 5.97 Å². The smallest absolute Gasteiger partial charge is 0.324 e. The molecule has 2 atom stereocenters. The largest absolute Gasteiger partial charge is 0.508 e. The Labute approximate surface area is 81.0 Å². The summed E-state index contributed by atoms with van der Waals surface area (Å²) < 4.78 is 0. The summed E-state index contributed by atoms with van der Waals surface area (Å²) in [4.78, 5) is 10.8. The van der Waals surface area contributed by atoms with Crippen LogP contribution in [0.1, 0.15) is 17.9 Å². The van der Waals surface area contributed by atoms with E-state index in [1.807, 2.05) is 0 Å². The minimum absolute atomic E-state index is 0.117. The number of carboxylic acid groups (broad SMARTS) is 1. The van der Waals surface area contributed by atoms with Crippen molar-refractivity contribution >= 4 is 5.97 Å². The van der Waals surface area contributed by atoms with Crippen LogP contribution in [0, 0.1) is 0 Å². The van der Waals surface area contributed by atoms with E-state index in [-0.39, 0.29) is 11.7 Å². The van der Waals surface area contributed by atoms with Gasteiger partial charge in [-0.15, -0.1) is 0 Å². The molecule has 1 aliphatic carbocycles. The van der Waals surface area contributed by atoms with Crippen LogP contribution in [0.5, 0.6) is 5.75 Å². The minimum Gasteiger partial charge on any atom is -0.508 e. The number of aliphatic carboxylic acids is 1. The maximum Gasteiger partial charge on any atom is 0.324 e. The highest BCUT2D eigenvalue weighted by molar-refractivity contribution is 5.85. The third-order valence-electron chi connectivity index (χ3n) is 2.71. The number of carboxylic acids is 1. The molecule has 0 heterocycles. The van der Waals surface area contributed by atoms with Crippen LogP contribution in [0.4, 0.5) is 0 Å². The van der Waals surface area contributed by atoms with Crippen molar-refractivity contribution in [2.24, 2.45) is 5.73 Å².